The third kappa shape index (κ3) is 3.71. The summed E-state index contributed by atoms with van der Waals surface area (Å²) in [5, 5.41) is 2.75. The molecule has 1 amide bonds. The fourth-order valence-electron chi connectivity index (χ4n) is 2.92. The zero-order chi connectivity index (χ0) is 20.3. The van der Waals surface area contributed by atoms with E-state index in [1.54, 1.807) is 26.0 Å². The van der Waals surface area contributed by atoms with Crippen molar-refractivity contribution in [2.24, 2.45) is 0 Å². The topological polar surface area (TPSA) is 112 Å². The second-order valence-electron chi connectivity index (χ2n) is 6.09. The lowest BCUT2D eigenvalue weighted by Crippen LogP contribution is -2.31. The summed E-state index contributed by atoms with van der Waals surface area (Å²) in [6, 6.07) is 7.68. The second kappa shape index (κ2) is 7.99. The summed E-state index contributed by atoms with van der Waals surface area (Å²) in [7, 11) is -3.71. The second-order valence-corrected chi connectivity index (χ2v) is 8.03. The number of rotatable bonds is 7. The van der Waals surface area contributed by atoms with E-state index in [-0.39, 0.29) is 22.4 Å². The summed E-state index contributed by atoms with van der Waals surface area (Å²) in [4.78, 5) is 28.1. The minimum absolute atomic E-state index is 0.0161. The number of H-pyrrole nitrogens is 1. The predicted octanol–water partition coefficient (Wildman–Crippen LogP) is 2.08. The third-order valence-corrected chi connectivity index (χ3v) is 6.49. The maximum absolute atomic E-state index is 12.8. The highest BCUT2D eigenvalue weighted by molar-refractivity contribution is 7.89. The monoisotopic (exact) mass is 403 g/mol. The zero-order valence-electron chi connectivity index (χ0n) is 15.6. The number of benzene rings is 1. The van der Waals surface area contributed by atoms with Crippen LogP contribution >= 0.6 is 0 Å². The van der Waals surface area contributed by atoms with Crippen LogP contribution in [0.3, 0.4) is 0 Å². The summed E-state index contributed by atoms with van der Waals surface area (Å²) >= 11 is 0. The molecule has 0 saturated heterocycles. The first-order chi connectivity index (χ1) is 13.4. The molecule has 0 fully saturated rings. The molecule has 2 N–H and O–H groups in total. The summed E-state index contributed by atoms with van der Waals surface area (Å²) in [6.07, 6.45) is 2.81. The van der Waals surface area contributed by atoms with Crippen LogP contribution in [0.2, 0.25) is 0 Å². The maximum atomic E-state index is 12.8. The van der Waals surface area contributed by atoms with E-state index in [9.17, 15) is 18.0 Å². The van der Waals surface area contributed by atoms with Crippen molar-refractivity contribution in [1.29, 1.82) is 0 Å². The first-order valence-corrected chi connectivity index (χ1v) is 10.3. The van der Waals surface area contributed by atoms with Gasteiger partial charge in [0, 0.05) is 30.2 Å². The van der Waals surface area contributed by atoms with Crippen molar-refractivity contribution in [1.82, 2.24) is 14.6 Å². The molecule has 0 unspecified atom stereocenters. The summed E-state index contributed by atoms with van der Waals surface area (Å²) in [5.41, 5.74) is -0.190. The normalized spacial score (nSPS) is 11.8. The van der Waals surface area contributed by atoms with Crippen LogP contribution < -0.4 is 10.7 Å². The average Bonchev–Trinajstić information content (AvgIpc) is 3.20. The van der Waals surface area contributed by atoms with E-state index in [0.717, 1.165) is 0 Å². The number of hydrogen-bond acceptors (Lipinski definition) is 5. The molecule has 28 heavy (non-hydrogen) atoms. The zero-order valence-corrected chi connectivity index (χ0v) is 16.4. The molecule has 9 heteroatoms. The fraction of sp³-hybridized carbons (Fsp3) is 0.263. The molecule has 1 aromatic carbocycles. The van der Waals surface area contributed by atoms with Gasteiger partial charge in [0.2, 0.25) is 15.5 Å². The van der Waals surface area contributed by atoms with Crippen molar-refractivity contribution in [2.45, 2.75) is 25.3 Å². The minimum Gasteiger partial charge on any atom is -0.467 e. The van der Waals surface area contributed by atoms with Gasteiger partial charge in [0.1, 0.15) is 11.3 Å². The molecule has 0 aliphatic heterocycles. The van der Waals surface area contributed by atoms with Crippen LogP contribution in [0.15, 0.2) is 56.9 Å². The first kappa shape index (κ1) is 19.8. The van der Waals surface area contributed by atoms with Crippen molar-refractivity contribution in [3.8, 4) is 0 Å². The smallest absolute Gasteiger partial charge is 0.257 e. The van der Waals surface area contributed by atoms with Crippen molar-refractivity contribution in [3.63, 3.8) is 0 Å². The number of carbonyl (C=O) groups is 1. The summed E-state index contributed by atoms with van der Waals surface area (Å²) in [6.45, 7) is 4.28. The fourth-order valence-corrected chi connectivity index (χ4v) is 4.40. The molecule has 0 aliphatic carbocycles. The Kier molecular flexibility index (Phi) is 5.66. The van der Waals surface area contributed by atoms with E-state index in [2.05, 4.69) is 10.3 Å². The largest absolute Gasteiger partial charge is 0.467 e. The lowest BCUT2D eigenvalue weighted by atomic mass is 10.1. The average molecular weight is 403 g/mol. The highest BCUT2D eigenvalue weighted by Gasteiger charge is 2.23. The SMILES string of the molecule is CCN(CC)S(=O)(=O)c1ccc2[nH]cc(C(=O)NCc3ccco3)c(=O)c2c1. The van der Waals surface area contributed by atoms with E-state index in [1.807, 2.05) is 0 Å². The van der Waals surface area contributed by atoms with Crippen LogP contribution in [0.5, 0.6) is 0 Å². The Hall–Kier alpha value is -2.91. The van der Waals surface area contributed by atoms with Gasteiger partial charge in [0.25, 0.3) is 5.91 Å². The Bertz CT molecular complexity index is 1150. The maximum Gasteiger partial charge on any atom is 0.257 e. The minimum atomic E-state index is -3.71. The number of fused-ring (bicyclic) bond motifs is 1. The van der Waals surface area contributed by atoms with Gasteiger partial charge in [-0.1, -0.05) is 13.8 Å². The van der Waals surface area contributed by atoms with Crippen LogP contribution in [0.1, 0.15) is 30.0 Å². The van der Waals surface area contributed by atoms with E-state index >= 15 is 0 Å². The number of hydrogen-bond donors (Lipinski definition) is 2. The molecule has 0 atom stereocenters. The van der Waals surface area contributed by atoms with Crippen molar-refractivity contribution >= 4 is 26.8 Å². The number of pyridine rings is 1. The molecule has 3 aromatic rings. The number of amides is 1. The number of carbonyl (C=O) groups excluding carboxylic acids is 1. The molecular formula is C19H21N3O5S. The highest BCUT2D eigenvalue weighted by Crippen LogP contribution is 2.19. The quantitative estimate of drug-likeness (QED) is 0.627. The molecule has 0 bridgehead atoms. The van der Waals surface area contributed by atoms with Crippen molar-refractivity contribution in [3.05, 3.63) is 64.3 Å². The summed E-state index contributed by atoms with van der Waals surface area (Å²) in [5.74, 6) is -0.0188. The predicted molar refractivity (Wildman–Crippen MR) is 105 cm³/mol. The Balaban J connectivity index is 1.98. The molecule has 0 aliphatic rings. The Morgan fingerprint density at radius 2 is 1.96 bits per heavy atom. The lowest BCUT2D eigenvalue weighted by molar-refractivity contribution is 0.0947. The van der Waals surface area contributed by atoms with Crippen LogP contribution in [-0.2, 0) is 16.6 Å². The Labute approximate surface area is 162 Å². The van der Waals surface area contributed by atoms with E-state index in [1.165, 1.54) is 35.0 Å². The standard InChI is InChI=1S/C19H21N3O5S/c1-3-22(4-2)28(25,26)14-7-8-17-15(10-14)18(23)16(12-20-17)19(24)21-11-13-6-5-9-27-13/h5-10,12H,3-4,11H2,1-2H3,(H,20,23)(H,21,24). The van der Waals surface area contributed by atoms with E-state index in [4.69, 9.17) is 4.42 Å². The molecule has 0 spiro atoms. The van der Waals surface area contributed by atoms with Gasteiger partial charge < -0.3 is 14.7 Å². The number of aromatic amines is 1. The van der Waals surface area contributed by atoms with Gasteiger partial charge in [0.15, 0.2) is 0 Å². The highest BCUT2D eigenvalue weighted by atomic mass is 32.2. The Morgan fingerprint density at radius 3 is 2.61 bits per heavy atom. The molecule has 3 rings (SSSR count). The molecular weight excluding hydrogens is 382 g/mol. The lowest BCUT2D eigenvalue weighted by Gasteiger charge is -2.18. The van der Waals surface area contributed by atoms with Gasteiger partial charge in [-0.15, -0.1) is 0 Å². The van der Waals surface area contributed by atoms with Crippen molar-refractivity contribution < 1.29 is 17.6 Å². The van der Waals surface area contributed by atoms with Gasteiger partial charge in [-0.2, -0.15) is 4.31 Å². The van der Waals surface area contributed by atoms with Gasteiger partial charge in [-0.25, -0.2) is 8.42 Å². The molecule has 0 saturated carbocycles. The number of nitrogens with zero attached hydrogens (tertiary/aromatic N) is 1. The van der Waals surface area contributed by atoms with Crippen molar-refractivity contribution in [2.75, 3.05) is 13.1 Å². The number of furan rings is 1. The summed E-state index contributed by atoms with van der Waals surface area (Å²) < 4.78 is 31.9. The Morgan fingerprint density at radius 1 is 1.21 bits per heavy atom. The third-order valence-electron chi connectivity index (χ3n) is 4.44. The molecule has 8 nitrogen and oxygen atoms in total. The molecule has 2 aromatic heterocycles. The van der Waals surface area contributed by atoms with Gasteiger partial charge in [-0.3, -0.25) is 9.59 Å². The number of nitrogens with one attached hydrogen (secondary N) is 2. The first-order valence-electron chi connectivity index (χ1n) is 8.84. The van der Waals surface area contributed by atoms with Crippen LogP contribution in [-0.4, -0.2) is 36.7 Å². The van der Waals surface area contributed by atoms with Gasteiger partial charge in [-0.05, 0) is 30.3 Å². The van der Waals surface area contributed by atoms with Crippen LogP contribution in [0.25, 0.3) is 10.9 Å². The van der Waals surface area contributed by atoms with Gasteiger partial charge >= 0.3 is 0 Å². The van der Waals surface area contributed by atoms with E-state index in [0.29, 0.717) is 24.4 Å². The van der Waals surface area contributed by atoms with Gasteiger partial charge in [0.05, 0.1) is 17.7 Å². The number of sulfonamides is 1. The van der Waals surface area contributed by atoms with E-state index < -0.39 is 21.4 Å². The van der Waals surface area contributed by atoms with Crippen LogP contribution in [0, 0.1) is 0 Å². The molecule has 148 valence electrons. The number of aromatic nitrogens is 1. The molecule has 0 radical (unpaired) electrons. The van der Waals surface area contributed by atoms with Crippen LogP contribution in [0.4, 0.5) is 0 Å². The molecule has 2 heterocycles.